The van der Waals surface area contributed by atoms with Gasteiger partial charge in [0.15, 0.2) is 5.82 Å². The molecule has 0 bridgehead atoms. The monoisotopic (exact) mass is 359 g/mol. The molecule has 1 saturated heterocycles. The molecule has 1 unspecified atom stereocenters. The number of aromatic nitrogens is 3. The Balaban J connectivity index is 1.30. The second-order valence-electron chi connectivity index (χ2n) is 8.04. The summed E-state index contributed by atoms with van der Waals surface area (Å²) in [4.78, 5) is 26.9. The first-order valence-electron chi connectivity index (χ1n) is 10.2. The molecule has 0 radical (unpaired) electrons. The van der Waals surface area contributed by atoms with Crippen LogP contribution in [0.3, 0.4) is 0 Å². The molecule has 2 fully saturated rings. The van der Waals surface area contributed by atoms with Crippen LogP contribution >= 0.6 is 0 Å². The standard InChI is InChI=1S/C19H29N5O2/c25-18-9-8-15(13-23(18)12-14-5-2-1-3-6-14)19(26)20-11-17-22-21-16-7-4-10-24(16)17/h14-15H,1-13H2,(H,20,26). The number of nitrogens with zero attached hydrogens (tertiary/aromatic N) is 4. The molecule has 3 aliphatic rings. The molecule has 4 rings (SSSR count). The van der Waals surface area contributed by atoms with E-state index in [1.807, 2.05) is 4.90 Å². The van der Waals surface area contributed by atoms with Gasteiger partial charge < -0.3 is 14.8 Å². The number of carbonyl (C=O) groups excluding carboxylic acids is 2. The van der Waals surface area contributed by atoms with Gasteiger partial charge in [-0.3, -0.25) is 9.59 Å². The maximum Gasteiger partial charge on any atom is 0.225 e. The summed E-state index contributed by atoms with van der Waals surface area (Å²) < 4.78 is 2.11. The van der Waals surface area contributed by atoms with Crippen LogP contribution in [-0.2, 0) is 29.1 Å². The first-order chi connectivity index (χ1) is 12.7. The fourth-order valence-electron chi connectivity index (χ4n) is 4.64. The van der Waals surface area contributed by atoms with E-state index in [4.69, 9.17) is 0 Å². The fourth-order valence-corrected chi connectivity index (χ4v) is 4.64. The van der Waals surface area contributed by atoms with Gasteiger partial charge in [-0.15, -0.1) is 10.2 Å². The second kappa shape index (κ2) is 7.76. The van der Waals surface area contributed by atoms with Crippen molar-refractivity contribution in [3.05, 3.63) is 11.6 Å². The highest BCUT2D eigenvalue weighted by Crippen LogP contribution is 2.27. The molecule has 142 valence electrons. The van der Waals surface area contributed by atoms with Crippen molar-refractivity contribution in [2.45, 2.75) is 70.9 Å². The first kappa shape index (κ1) is 17.5. The predicted molar refractivity (Wildman–Crippen MR) is 96.1 cm³/mol. The molecule has 0 aromatic carbocycles. The summed E-state index contributed by atoms with van der Waals surface area (Å²) in [5.41, 5.74) is 0. The highest BCUT2D eigenvalue weighted by Gasteiger charge is 2.32. The molecule has 2 amide bonds. The van der Waals surface area contributed by atoms with Crippen LogP contribution in [0.1, 0.15) is 63.0 Å². The van der Waals surface area contributed by atoms with Crippen LogP contribution in [0.15, 0.2) is 0 Å². The Labute approximate surface area is 154 Å². The lowest BCUT2D eigenvalue weighted by Crippen LogP contribution is -2.47. The van der Waals surface area contributed by atoms with E-state index in [2.05, 4.69) is 20.1 Å². The van der Waals surface area contributed by atoms with Gasteiger partial charge in [-0.2, -0.15) is 0 Å². The van der Waals surface area contributed by atoms with Crippen molar-refractivity contribution in [2.75, 3.05) is 13.1 Å². The van der Waals surface area contributed by atoms with E-state index in [0.717, 1.165) is 37.6 Å². The summed E-state index contributed by atoms with van der Waals surface area (Å²) in [6.07, 6.45) is 9.54. The third-order valence-corrected chi connectivity index (χ3v) is 6.18. The zero-order valence-electron chi connectivity index (χ0n) is 15.5. The lowest BCUT2D eigenvalue weighted by atomic mass is 9.87. The number of likely N-dealkylation sites (tertiary alicyclic amines) is 1. The molecule has 1 aromatic rings. The molecule has 1 saturated carbocycles. The Morgan fingerprint density at radius 3 is 2.77 bits per heavy atom. The molecule has 3 heterocycles. The zero-order chi connectivity index (χ0) is 17.9. The Morgan fingerprint density at radius 1 is 1.08 bits per heavy atom. The van der Waals surface area contributed by atoms with Crippen LogP contribution in [0, 0.1) is 11.8 Å². The quantitative estimate of drug-likeness (QED) is 0.867. The number of nitrogens with one attached hydrogen (secondary N) is 1. The van der Waals surface area contributed by atoms with Crippen molar-refractivity contribution in [1.82, 2.24) is 25.0 Å². The fraction of sp³-hybridized carbons (Fsp3) is 0.789. The van der Waals surface area contributed by atoms with E-state index in [1.165, 1.54) is 32.1 Å². The molecule has 7 nitrogen and oxygen atoms in total. The summed E-state index contributed by atoms with van der Waals surface area (Å²) in [7, 11) is 0. The maximum absolute atomic E-state index is 12.6. The zero-order valence-corrected chi connectivity index (χ0v) is 15.5. The normalized spacial score (nSPS) is 23.9. The van der Waals surface area contributed by atoms with Crippen LogP contribution < -0.4 is 5.32 Å². The van der Waals surface area contributed by atoms with Crippen molar-refractivity contribution < 1.29 is 9.59 Å². The minimum atomic E-state index is -0.0998. The summed E-state index contributed by atoms with van der Waals surface area (Å²) >= 11 is 0. The maximum atomic E-state index is 12.6. The van der Waals surface area contributed by atoms with Gasteiger partial charge in [0.25, 0.3) is 0 Å². The van der Waals surface area contributed by atoms with Gasteiger partial charge in [-0.1, -0.05) is 19.3 Å². The molecule has 0 spiro atoms. The third kappa shape index (κ3) is 3.76. The molecule has 1 aliphatic carbocycles. The molecule has 1 aromatic heterocycles. The molecule has 7 heteroatoms. The van der Waals surface area contributed by atoms with Gasteiger partial charge in [-0.25, -0.2) is 0 Å². The van der Waals surface area contributed by atoms with E-state index in [0.29, 0.717) is 31.8 Å². The van der Waals surface area contributed by atoms with Gasteiger partial charge in [0, 0.05) is 32.5 Å². The first-order valence-corrected chi connectivity index (χ1v) is 10.2. The lowest BCUT2D eigenvalue weighted by molar-refractivity contribution is -0.139. The molecule has 26 heavy (non-hydrogen) atoms. The van der Waals surface area contributed by atoms with Crippen LogP contribution in [0.25, 0.3) is 0 Å². The largest absolute Gasteiger partial charge is 0.348 e. The number of hydrogen-bond acceptors (Lipinski definition) is 4. The van der Waals surface area contributed by atoms with Gasteiger partial charge >= 0.3 is 0 Å². The topological polar surface area (TPSA) is 80.1 Å². The number of aryl methyl sites for hydroxylation is 1. The number of piperidine rings is 1. The number of fused-ring (bicyclic) bond motifs is 1. The molecule has 1 atom stereocenters. The third-order valence-electron chi connectivity index (χ3n) is 6.18. The average Bonchev–Trinajstić information content (AvgIpc) is 3.26. The number of rotatable bonds is 5. The van der Waals surface area contributed by atoms with E-state index in [9.17, 15) is 9.59 Å². The van der Waals surface area contributed by atoms with Crippen LogP contribution in [-0.4, -0.2) is 44.6 Å². The predicted octanol–water partition coefficient (Wildman–Crippen LogP) is 1.66. The van der Waals surface area contributed by atoms with Crippen molar-refractivity contribution in [2.24, 2.45) is 11.8 Å². The summed E-state index contributed by atoms with van der Waals surface area (Å²) in [5, 5.41) is 11.4. The van der Waals surface area contributed by atoms with Gasteiger partial charge in [-0.05, 0) is 31.6 Å². The smallest absolute Gasteiger partial charge is 0.225 e. The van der Waals surface area contributed by atoms with Crippen molar-refractivity contribution in [3.8, 4) is 0 Å². The summed E-state index contributed by atoms with van der Waals surface area (Å²) in [5.74, 6) is 2.65. The number of amides is 2. The van der Waals surface area contributed by atoms with Gasteiger partial charge in [0.2, 0.25) is 11.8 Å². The Hall–Kier alpha value is -1.92. The van der Waals surface area contributed by atoms with Crippen LogP contribution in [0.2, 0.25) is 0 Å². The minimum Gasteiger partial charge on any atom is -0.348 e. The second-order valence-corrected chi connectivity index (χ2v) is 8.04. The summed E-state index contributed by atoms with van der Waals surface area (Å²) in [6, 6.07) is 0. The Kier molecular flexibility index (Phi) is 5.22. The van der Waals surface area contributed by atoms with E-state index in [-0.39, 0.29) is 17.7 Å². The number of carbonyl (C=O) groups is 2. The Morgan fingerprint density at radius 2 is 1.92 bits per heavy atom. The summed E-state index contributed by atoms with van der Waals surface area (Å²) in [6.45, 7) is 2.78. The van der Waals surface area contributed by atoms with E-state index < -0.39 is 0 Å². The van der Waals surface area contributed by atoms with E-state index >= 15 is 0 Å². The molecule has 2 aliphatic heterocycles. The van der Waals surface area contributed by atoms with Crippen molar-refractivity contribution in [3.63, 3.8) is 0 Å². The van der Waals surface area contributed by atoms with Crippen LogP contribution in [0.5, 0.6) is 0 Å². The Bertz CT molecular complexity index is 665. The molecular weight excluding hydrogens is 330 g/mol. The van der Waals surface area contributed by atoms with Crippen LogP contribution in [0.4, 0.5) is 0 Å². The average molecular weight is 359 g/mol. The van der Waals surface area contributed by atoms with E-state index in [1.54, 1.807) is 0 Å². The highest BCUT2D eigenvalue weighted by molar-refractivity contribution is 5.83. The van der Waals surface area contributed by atoms with Gasteiger partial charge in [0.1, 0.15) is 5.82 Å². The van der Waals surface area contributed by atoms with Gasteiger partial charge in [0.05, 0.1) is 12.5 Å². The molecule has 1 N–H and O–H groups in total. The van der Waals surface area contributed by atoms with Crippen molar-refractivity contribution in [1.29, 1.82) is 0 Å². The SMILES string of the molecule is O=C(NCc1nnc2n1CCC2)C1CCC(=O)N(CC2CCCCC2)C1. The van der Waals surface area contributed by atoms with Crippen molar-refractivity contribution >= 4 is 11.8 Å². The highest BCUT2D eigenvalue weighted by atomic mass is 16.2. The molecular formula is C19H29N5O2. The minimum absolute atomic E-state index is 0.0430. The number of hydrogen-bond donors (Lipinski definition) is 1. The lowest BCUT2D eigenvalue weighted by Gasteiger charge is -2.35.